The summed E-state index contributed by atoms with van der Waals surface area (Å²) in [4.78, 5) is 4.60. The molecule has 1 aromatic heterocycles. The van der Waals surface area contributed by atoms with Crippen LogP contribution in [0.15, 0.2) is 85.1 Å². The van der Waals surface area contributed by atoms with Gasteiger partial charge in [0.2, 0.25) is 0 Å². The van der Waals surface area contributed by atoms with Crippen LogP contribution < -0.4 is 0 Å². The van der Waals surface area contributed by atoms with Crippen LogP contribution in [0.2, 0.25) is 0 Å². The maximum Gasteiger partial charge on any atom is 0.135 e. The number of aromatic nitrogens is 1. The van der Waals surface area contributed by atoms with E-state index in [4.69, 9.17) is 4.74 Å². The number of quaternary nitrogens is 1. The second-order valence-electron chi connectivity index (χ2n) is 11.1. The van der Waals surface area contributed by atoms with Crippen molar-refractivity contribution in [1.29, 1.82) is 0 Å². The van der Waals surface area contributed by atoms with Crippen LogP contribution in [0.4, 0.5) is 8.78 Å². The number of halogens is 2. The van der Waals surface area contributed by atoms with Gasteiger partial charge in [-0.3, -0.25) is 4.98 Å². The highest BCUT2D eigenvalue weighted by Crippen LogP contribution is 2.49. The van der Waals surface area contributed by atoms with E-state index in [2.05, 4.69) is 24.0 Å². The van der Waals surface area contributed by atoms with E-state index in [0.29, 0.717) is 23.9 Å². The van der Waals surface area contributed by atoms with Crippen molar-refractivity contribution in [1.82, 2.24) is 4.98 Å². The molecule has 3 nitrogen and oxygen atoms in total. The number of para-hydroxylation sites is 1. The molecule has 0 spiro atoms. The highest BCUT2D eigenvalue weighted by molar-refractivity contribution is 5.82. The molecule has 4 aromatic rings. The van der Waals surface area contributed by atoms with E-state index in [1.54, 1.807) is 24.3 Å². The fraction of sp³-hybridized carbons (Fsp3) is 0.364. The minimum atomic E-state index is -0.269. The van der Waals surface area contributed by atoms with Crippen molar-refractivity contribution in [2.75, 3.05) is 13.1 Å². The molecular formula is C33H35F2N2O+. The fourth-order valence-electron chi connectivity index (χ4n) is 7.18. The van der Waals surface area contributed by atoms with Crippen LogP contribution in [0.3, 0.4) is 0 Å². The highest BCUT2D eigenvalue weighted by atomic mass is 19.1. The van der Waals surface area contributed by atoms with Gasteiger partial charge in [0.25, 0.3) is 0 Å². The van der Waals surface area contributed by atoms with Gasteiger partial charge in [0.1, 0.15) is 30.3 Å². The van der Waals surface area contributed by atoms with Gasteiger partial charge in [-0.1, -0.05) is 61.5 Å². The molecule has 0 amide bonds. The molecule has 4 heterocycles. The van der Waals surface area contributed by atoms with E-state index >= 15 is 4.39 Å². The van der Waals surface area contributed by atoms with Crippen LogP contribution in [0.5, 0.6) is 0 Å². The molecule has 196 valence electrons. The molecule has 5 atom stereocenters. The fourth-order valence-corrected chi connectivity index (χ4v) is 7.18. The summed E-state index contributed by atoms with van der Waals surface area (Å²) in [5.74, 6) is 0.849. The van der Waals surface area contributed by atoms with Crippen LogP contribution in [0.1, 0.15) is 49.0 Å². The van der Waals surface area contributed by atoms with E-state index in [0.717, 1.165) is 58.9 Å². The zero-order chi connectivity index (χ0) is 26.1. The molecule has 3 aromatic carbocycles. The molecule has 0 aliphatic carbocycles. The Bertz CT molecular complexity index is 1420. The predicted octanol–water partition coefficient (Wildman–Crippen LogP) is 7.61. The van der Waals surface area contributed by atoms with Crippen molar-refractivity contribution >= 4 is 10.9 Å². The molecule has 3 saturated heterocycles. The molecule has 0 saturated carbocycles. The monoisotopic (exact) mass is 513 g/mol. The Kier molecular flexibility index (Phi) is 6.98. The summed E-state index contributed by atoms with van der Waals surface area (Å²) < 4.78 is 37.3. The molecule has 5 heteroatoms. The number of fused-ring (bicyclic) bond motifs is 4. The lowest BCUT2D eigenvalue weighted by atomic mass is 9.70. The van der Waals surface area contributed by atoms with Gasteiger partial charge in [0.05, 0.1) is 25.2 Å². The van der Waals surface area contributed by atoms with Gasteiger partial charge >= 0.3 is 0 Å². The van der Waals surface area contributed by atoms with E-state index < -0.39 is 0 Å². The second kappa shape index (κ2) is 10.5. The molecule has 3 aliphatic heterocycles. The molecule has 0 N–H and O–H groups in total. The maximum atomic E-state index is 15.0. The standard InChI is InChI=1S/C33H35F2N2O/c1-2-23-20-37(21-25-9-3-6-12-29(25)34)18-16-24(23)19-32(37)33(38-22-26-10-4-7-13-30(26)35)28-15-17-36-31-14-8-5-11-27(28)31/h3-15,17,23-24,32-33H,2,16,18-22H2,1H3/q+1/t23?,24-,32?,33+,37?/m1/s1. The molecule has 3 unspecified atom stereocenters. The Morgan fingerprint density at radius 1 is 0.921 bits per heavy atom. The maximum absolute atomic E-state index is 15.0. The Balaban J connectivity index is 1.45. The van der Waals surface area contributed by atoms with Gasteiger partial charge < -0.3 is 9.22 Å². The summed E-state index contributed by atoms with van der Waals surface area (Å²) in [7, 11) is 0. The van der Waals surface area contributed by atoms with Gasteiger partial charge in [-0.15, -0.1) is 0 Å². The van der Waals surface area contributed by atoms with Crippen molar-refractivity contribution in [2.45, 2.75) is 51.5 Å². The van der Waals surface area contributed by atoms with Crippen LogP contribution in [-0.2, 0) is 17.9 Å². The number of benzene rings is 3. The highest BCUT2D eigenvalue weighted by Gasteiger charge is 2.55. The molecular weight excluding hydrogens is 478 g/mol. The number of rotatable bonds is 8. The molecule has 7 rings (SSSR count). The Labute approximate surface area is 223 Å². The third-order valence-corrected chi connectivity index (χ3v) is 9.14. The van der Waals surface area contributed by atoms with Crippen molar-refractivity contribution in [3.63, 3.8) is 0 Å². The van der Waals surface area contributed by atoms with Crippen molar-refractivity contribution in [3.05, 3.63) is 113 Å². The first kappa shape index (κ1) is 25.1. The first-order valence-corrected chi connectivity index (χ1v) is 13.9. The lowest BCUT2D eigenvalue weighted by molar-refractivity contribution is -0.986. The molecule has 3 fully saturated rings. The number of hydrogen-bond donors (Lipinski definition) is 0. The molecule has 0 radical (unpaired) electrons. The van der Waals surface area contributed by atoms with E-state index in [-0.39, 0.29) is 30.4 Å². The van der Waals surface area contributed by atoms with Crippen LogP contribution in [0, 0.1) is 23.5 Å². The number of pyridine rings is 1. The molecule has 38 heavy (non-hydrogen) atoms. The van der Waals surface area contributed by atoms with Gasteiger partial charge in [-0.05, 0) is 42.2 Å². The summed E-state index contributed by atoms with van der Waals surface area (Å²) in [6.07, 6.45) is 4.89. The Morgan fingerprint density at radius 3 is 2.39 bits per heavy atom. The van der Waals surface area contributed by atoms with E-state index in [9.17, 15) is 4.39 Å². The summed E-state index contributed by atoms with van der Waals surface area (Å²) in [5.41, 5.74) is 3.33. The van der Waals surface area contributed by atoms with E-state index in [1.165, 1.54) is 6.07 Å². The largest absolute Gasteiger partial charge is 0.362 e. The zero-order valence-corrected chi connectivity index (χ0v) is 21.9. The van der Waals surface area contributed by atoms with Gasteiger partial charge in [0, 0.05) is 41.5 Å². The van der Waals surface area contributed by atoms with Crippen LogP contribution in [0.25, 0.3) is 10.9 Å². The van der Waals surface area contributed by atoms with Gasteiger partial charge in [-0.25, -0.2) is 8.78 Å². The van der Waals surface area contributed by atoms with Crippen molar-refractivity contribution < 1.29 is 18.0 Å². The average Bonchev–Trinajstić information content (AvgIpc) is 2.95. The first-order chi connectivity index (χ1) is 18.6. The first-order valence-electron chi connectivity index (χ1n) is 13.9. The zero-order valence-electron chi connectivity index (χ0n) is 21.9. The lowest BCUT2D eigenvalue weighted by Gasteiger charge is -2.59. The predicted molar refractivity (Wildman–Crippen MR) is 146 cm³/mol. The lowest BCUT2D eigenvalue weighted by Crippen LogP contribution is -2.68. The summed E-state index contributed by atoms with van der Waals surface area (Å²) in [5, 5.41) is 1.06. The summed E-state index contributed by atoms with van der Waals surface area (Å²) in [6.45, 7) is 5.13. The quantitative estimate of drug-likeness (QED) is 0.226. The third-order valence-electron chi connectivity index (χ3n) is 9.14. The minimum absolute atomic E-state index is 0.133. The number of ether oxygens (including phenoxy) is 1. The second-order valence-corrected chi connectivity index (χ2v) is 11.1. The number of hydrogen-bond acceptors (Lipinski definition) is 2. The Hall–Kier alpha value is -3.15. The van der Waals surface area contributed by atoms with Gasteiger partial charge in [0.15, 0.2) is 0 Å². The SMILES string of the molecule is CCC1C[N+]2(Cc3ccccc3F)CC[C@@H]1CC2[C@@H](OCc1ccccc1F)c1ccnc2ccccc12. The van der Waals surface area contributed by atoms with E-state index in [1.807, 2.05) is 42.6 Å². The van der Waals surface area contributed by atoms with Gasteiger partial charge in [-0.2, -0.15) is 0 Å². The van der Waals surface area contributed by atoms with Crippen molar-refractivity contribution in [3.8, 4) is 0 Å². The van der Waals surface area contributed by atoms with Crippen LogP contribution in [-0.4, -0.2) is 28.6 Å². The Morgan fingerprint density at radius 2 is 1.63 bits per heavy atom. The molecule has 2 bridgehead atoms. The van der Waals surface area contributed by atoms with Crippen LogP contribution >= 0.6 is 0 Å². The minimum Gasteiger partial charge on any atom is -0.362 e. The normalized spacial score (nSPS) is 25.5. The third kappa shape index (κ3) is 4.63. The number of piperidine rings is 3. The smallest absolute Gasteiger partial charge is 0.135 e. The number of nitrogens with zero attached hydrogens (tertiary/aromatic N) is 2. The topological polar surface area (TPSA) is 22.1 Å². The average molecular weight is 514 g/mol. The molecule has 3 aliphatic rings. The summed E-state index contributed by atoms with van der Waals surface area (Å²) >= 11 is 0. The van der Waals surface area contributed by atoms with Crippen molar-refractivity contribution in [2.24, 2.45) is 11.8 Å². The summed E-state index contributed by atoms with van der Waals surface area (Å²) in [6, 6.07) is 24.4.